The fraction of sp³-hybridized carbons (Fsp3) is 0.412. The molecule has 4 nitrogen and oxygen atoms in total. The number of fused-ring (bicyclic) bond motifs is 1. The zero-order valence-corrected chi connectivity index (χ0v) is 13.4. The molecule has 5 heteroatoms. The van der Waals surface area contributed by atoms with Crippen molar-refractivity contribution < 1.29 is 14.1 Å². The second-order valence-electron chi connectivity index (χ2n) is 5.69. The van der Waals surface area contributed by atoms with Crippen molar-refractivity contribution in [2.24, 2.45) is 5.92 Å². The predicted octanol–water partition coefficient (Wildman–Crippen LogP) is 4.22. The van der Waals surface area contributed by atoms with E-state index in [1.165, 1.54) is 7.11 Å². The summed E-state index contributed by atoms with van der Waals surface area (Å²) in [7, 11) is 1.43. The van der Waals surface area contributed by atoms with Crippen LogP contribution in [-0.2, 0) is 16.0 Å². The Morgan fingerprint density at radius 3 is 2.77 bits per heavy atom. The first-order valence-corrected chi connectivity index (χ1v) is 7.81. The lowest BCUT2D eigenvalue weighted by molar-refractivity contribution is -0.146. The van der Waals surface area contributed by atoms with Gasteiger partial charge >= 0.3 is 5.97 Å². The van der Waals surface area contributed by atoms with Crippen LogP contribution in [0, 0.1) is 5.92 Å². The molecule has 0 saturated heterocycles. The van der Waals surface area contributed by atoms with Gasteiger partial charge < -0.3 is 9.26 Å². The van der Waals surface area contributed by atoms with Gasteiger partial charge in [-0.3, -0.25) is 4.79 Å². The largest absolute Gasteiger partial charge is 0.469 e. The number of benzene rings is 1. The lowest BCUT2D eigenvalue weighted by Gasteiger charge is -2.17. The average molecular weight is 320 g/mol. The van der Waals surface area contributed by atoms with Gasteiger partial charge in [0.2, 0.25) is 0 Å². The van der Waals surface area contributed by atoms with Crippen molar-refractivity contribution in [3.8, 4) is 11.3 Å². The molecule has 0 radical (unpaired) electrons. The van der Waals surface area contributed by atoms with E-state index in [-0.39, 0.29) is 17.8 Å². The molecule has 116 valence electrons. The van der Waals surface area contributed by atoms with Crippen LogP contribution in [0.5, 0.6) is 0 Å². The number of hydrogen-bond acceptors (Lipinski definition) is 4. The molecule has 0 fully saturated rings. The van der Waals surface area contributed by atoms with Crippen LogP contribution in [0.3, 0.4) is 0 Å². The molecule has 1 aromatic heterocycles. The highest BCUT2D eigenvalue weighted by Crippen LogP contribution is 2.39. The highest BCUT2D eigenvalue weighted by Gasteiger charge is 2.35. The van der Waals surface area contributed by atoms with Crippen LogP contribution >= 0.6 is 11.6 Å². The van der Waals surface area contributed by atoms with Crippen LogP contribution in [-0.4, -0.2) is 18.2 Å². The van der Waals surface area contributed by atoms with Gasteiger partial charge in [-0.1, -0.05) is 35.8 Å². The number of ether oxygens (including phenoxy) is 1. The van der Waals surface area contributed by atoms with Crippen molar-refractivity contribution in [1.82, 2.24) is 5.16 Å². The fourth-order valence-electron chi connectivity index (χ4n) is 3.16. The van der Waals surface area contributed by atoms with E-state index in [4.69, 9.17) is 20.9 Å². The van der Waals surface area contributed by atoms with Crippen LogP contribution in [0.25, 0.3) is 11.3 Å². The minimum Gasteiger partial charge on any atom is -0.469 e. The van der Waals surface area contributed by atoms with Crippen LogP contribution in [0.15, 0.2) is 28.8 Å². The molecule has 3 rings (SSSR count). The van der Waals surface area contributed by atoms with Crippen LogP contribution in [0.4, 0.5) is 0 Å². The number of carbonyl (C=O) groups excluding carboxylic acids is 1. The maximum absolute atomic E-state index is 12.0. The van der Waals surface area contributed by atoms with Crippen molar-refractivity contribution in [3.63, 3.8) is 0 Å². The highest BCUT2D eigenvalue weighted by molar-refractivity contribution is 6.30. The van der Waals surface area contributed by atoms with Gasteiger partial charge in [-0.15, -0.1) is 0 Å². The lowest BCUT2D eigenvalue weighted by Crippen LogP contribution is -2.21. The summed E-state index contributed by atoms with van der Waals surface area (Å²) in [6.45, 7) is 2.00. The Morgan fingerprint density at radius 2 is 2.09 bits per heavy atom. The van der Waals surface area contributed by atoms with Crippen LogP contribution in [0.2, 0.25) is 5.02 Å². The molecule has 0 saturated carbocycles. The van der Waals surface area contributed by atoms with Gasteiger partial charge in [0.25, 0.3) is 0 Å². The summed E-state index contributed by atoms with van der Waals surface area (Å²) >= 11 is 5.94. The Kier molecular flexibility index (Phi) is 4.21. The molecular weight excluding hydrogens is 302 g/mol. The standard InChI is InChI=1S/C17H18ClNO3/c1-10-13(17(20)21-2)4-3-5-14-15(19-22-16(10)14)11-6-8-12(18)9-7-11/h6-10,13H,3-5H2,1-2H3. The summed E-state index contributed by atoms with van der Waals surface area (Å²) in [5.74, 6) is 0.429. The van der Waals surface area contributed by atoms with E-state index in [0.29, 0.717) is 5.02 Å². The Hall–Kier alpha value is -1.81. The van der Waals surface area contributed by atoms with E-state index >= 15 is 0 Å². The number of esters is 1. The minimum atomic E-state index is -0.176. The Balaban J connectivity index is 1.99. The van der Waals surface area contributed by atoms with Gasteiger partial charge in [0.05, 0.1) is 13.0 Å². The third kappa shape index (κ3) is 2.63. The molecule has 2 atom stereocenters. The molecule has 0 amide bonds. The number of rotatable bonds is 2. The normalized spacial score (nSPS) is 21.0. The quantitative estimate of drug-likeness (QED) is 0.614. The molecule has 1 aliphatic rings. The smallest absolute Gasteiger partial charge is 0.309 e. The molecule has 1 heterocycles. The minimum absolute atomic E-state index is 0.0292. The van der Waals surface area contributed by atoms with Crippen molar-refractivity contribution in [3.05, 3.63) is 40.6 Å². The number of methoxy groups -OCH3 is 1. The number of nitrogens with zero attached hydrogens (tertiary/aromatic N) is 1. The Morgan fingerprint density at radius 1 is 1.36 bits per heavy atom. The van der Waals surface area contributed by atoms with E-state index in [1.54, 1.807) is 0 Å². The van der Waals surface area contributed by atoms with Gasteiger partial charge in [0.15, 0.2) is 0 Å². The summed E-state index contributed by atoms with van der Waals surface area (Å²) in [4.78, 5) is 12.0. The third-order valence-electron chi connectivity index (χ3n) is 4.40. The lowest BCUT2D eigenvalue weighted by atomic mass is 9.89. The average Bonchev–Trinajstić information content (AvgIpc) is 2.87. The van der Waals surface area contributed by atoms with Gasteiger partial charge in [0.1, 0.15) is 11.5 Å². The maximum Gasteiger partial charge on any atom is 0.309 e. The summed E-state index contributed by atoms with van der Waals surface area (Å²) in [5.41, 5.74) is 2.93. The number of halogens is 1. The van der Waals surface area contributed by atoms with Gasteiger partial charge in [-0.05, 0) is 31.4 Å². The topological polar surface area (TPSA) is 52.3 Å². The first kappa shape index (κ1) is 15.1. The molecular formula is C17H18ClNO3. The van der Waals surface area contributed by atoms with E-state index < -0.39 is 0 Å². The Labute approximate surface area is 134 Å². The number of carbonyl (C=O) groups is 1. The molecule has 2 aromatic rings. The molecule has 1 aliphatic carbocycles. The van der Waals surface area contributed by atoms with Crippen molar-refractivity contribution in [2.75, 3.05) is 7.11 Å². The molecule has 0 N–H and O–H groups in total. The first-order chi connectivity index (χ1) is 10.6. The fourth-order valence-corrected chi connectivity index (χ4v) is 3.29. The zero-order chi connectivity index (χ0) is 15.7. The molecule has 1 aromatic carbocycles. The van der Waals surface area contributed by atoms with Gasteiger partial charge in [0, 0.05) is 22.1 Å². The van der Waals surface area contributed by atoms with Crippen molar-refractivity contribution in [1.29, 1.82) is 0 Å². The SMILES string of the molecule is COC(=O)C1CCCc2c(-c3ccc(Cl)cc3)noc2C1C. The summed E-state index contributed by atoms with van der Waals surface area (Å²) < 4.78 is 10.5. The second-order valence-corrected chi connectivity index (χ2v) is 6.13. The molecule has 2 unspecified atom stereocenters. The van der Waals surface area contributed by atoms with Crippen molar-refractivity contribution in [2.45, 2.75) is 32.1 Å². The molecule has 0 aliphatic heterocycles. The van der Waals surface area contributed by atoms with E-state index in [0.717, 1.165) is 41.8 Å². The van der Waals surface area contributed by atoms with Gasteiger partial charge in [-0.2, -0.15) is 0 Å². The number of hydrogen-bond donors (Lipinski definition) is 0. The first-order valence-electron chi connectivity index (χ1n) is 7.44. The summed E-state index contributed by atoms with van der Waals surface area (Å²) in [5, 5.41) is 4.93. The van der Waals surface area contributed by atoms with Gasteiger partial charge in [-0.25, -0.2) is 0 Å². The third-order valence-corrected chi connectivity index (χ3v) is 4.65. The Bertz CT molecular complexity index is 678. The highest BCUT2D eigenvalue weighted by atomic mass is 35.5. The predicted molar refractivity (Wildman–Crippen MR) is 83.8 cm³/mol. The van der Waals surface area contributed by atoms with Crippen LogP contribution in [0.1, 0.15) is 37.0 Å². The monoisotopic (exact) mass is 319 g/mol. The summed E-state index contributed by atoms with van der Waals surface area (Å²) in [6, 6.07) is 7.56. The molecule has 0 spiro atoms. The van der Waals surface area contributed by atoms with Crippen LogP contribution < -0.4 is 0 Å². The number of aromatic nitrogens is 1. The second kappa shape index (κ2) is 6.13. The van der Waals surface area contributed by atoms with Crippen molar-refractivity contribution >= 4 is 17.6 Å². The van der Waals surface area contributed by atoms with E-state index in [2.05, 4.69) is 5.16 Å². The molecule has 22 heavy (non-hydrogen) atoms. The van der Waals surface area contributed by atoms with E-state index in [1.807, 2.05) is 31.2 Å². The maximum atomic E-state index is 12.0. The summed E-state index contributed by atoms with van der Waals surface area (Å²) in [6.07, 6.45) is 2.58. The molecule has 0 bridgehead atoms. The zero-order valence-electron chi connectivity index (χ0n) is 12.6. The van der Waals surface area contributed by atoms with E-state index in [9.17, 15) is 4.79 Å².